The third-order valence-corrected chi connectivity index (χ3v) is 4.10. The third-order valence-electron chi connectivity index (χ3n) is 2.42. The van der Waals surface area contributed by atoms with E-state index in [-0.39, 0.29) is 0 Å². The van der Waals surface area contributed by atoms with Crippen LogP contribution < -0.4 is 10.6 Å². The van der Waals surface area contributed by atoms with Gasteiger partial charge in [-0.25, -0.2) is 0 Å². The number of unbranched alkanes of at least 4 members (excludes halogenated alkanes) is 1. The average molecular weight is 332 g/mol. The lowest BCUT2D eigenvalue weighted by molar-refractivity contribution is 0.769. The Bertz CT molecular complexity index is 363. The van der Waals surface area contributed by atoms with Crippen LogP contribution in [0, 0.1) is 0 Å². The SMILES string of the molecule is CCCCN=C(NCC)NCCc1ccc(Br)s1. The summed E-state index contributed by atoms with van der Waals surface area (Å²) in [6.45, 7) is 7.00. The van der Waals surface area contributed by atoms with Crippen molar-refractivity contribution in [2.24, 2.45) is 4.99 Å². The van der Waals surface area contributed by atoms with Gasteiger partial charge in [-0.3, -0.25) is 4.99 Å². The zero-order chi connectivity index (χ0) is 13.2. The van der Waals surface area contributed by atoms with E-state index in [4.69, 9.17) is 0 Å². The molecule has 1 heterocycles. The van der Waals surface area contributed by atoms with Crippen LogP contribution in [0.4, 0.5) is 0 Å². The highest BCUT2D eigenvalue weighted by molar-refractivity contribution is 9.11. The number of thiophene rings is 1. The minimum atomic E-state index is 0.899. The van der Waals surface area contributed by atoms with Gasteiger partial charge in [0.2, 0.25) is 0 Å². The highest BCUT2D eigenvalue weighted by atomic mass is 79.9. The van der Waals surface area contributed by atoms with Crippen molar-refractivity contribution in [3.8, 4) is 0 Å². The fraction of sp³-hybridized carbons (Fsp3) is 0.615. The molecule has 18 heavy (non-hydrogen) atoms. The Kier molecular flexibility index (Phi) is 8.09. The van der Waals surface area contributed by atoms with Gasteiger partial charge >= 0.3 is 0 Å². The first kappa shape index (κ1) is 15.5. The zero-order valence-corrected chi connectivity index (χ0v) is 13.5. The Morgan fingerprint density at radius 3 is 2.78 bits per heavy atom. The molecule has 2 N–H and O–H groups in total. The molecule has 0 radical (unpaired) electrons. The quantitative estimate of drug-likeness (QED) is 0.456. The molecule has 0 saturated heterocycles. The molecule has 0 saturated carbocycles. The number of nitrogens with one attached hydrogen (secondary N) is 2. The van der Waals surface area contributed by atoms with Gasteiger partial charge < -0.3 is 10.6 Å². The molecule has 3 nitrogen and oxygen atoms in total. The van der Waals surface area contributed by atoms with Gasteiger partial charge in [-0.15, -0.1) is 11.3 Å². The van der Waals surface area contributed by atoms with E-state index in [1.165, 1.54) is 15.1 Å². The van der Waals surface area contributed by atoms with E-state index in [1.54, 1.807) is 11.3 Å². The molecule has 0 amide bonds. The van der Waals surface area contributed by atoms with Crippen molar-refractivity contribution in [3.63, 3.8) is 0 Å². The molecular formula is C13H22BrN3S. The van der Waals surface area contributed by atoms with Gasteiger partial charge in [0.1, 0.15) is 0 Å². The molecule has 0 bridgehead atoms. The van der Waals surface area contributed by atoms with Gasteiger partial charge in [0.25, 0.3) is 0 Å². The summed E-state index contributed by atoms with van der Waals surface area (Å²) in [5.41, 5.74) is 0. The minimum Gasteiger partial charge on any atom is -0.357 e. The summed E-state index contributed by atoms with van der Waals surface area (Å²) in [5, 5.41) is 6.63. The summed E-state index contributed by atoms with van der Waals surface area (Å²) in [6, 6.07) is 4.26. The minimum absolute atomic E-state index is 0.899. The Morgan fingerprint density at radius 2 is 2.17 bits per heavy atom. The van der Waals surface area contributed by atoms with Crippen molar-refractivity contribution in [1.29, 1.82) is 0 Å². The van der Waals surface area contributed by atoms with Gasteiger partial charge in [-0.05, 0) is 47.8 Å². The molecule has 0 aliphatic rings. The van der Waals surface area contributed by atoms with Crippen LogP contribution in [-0.4, -0.2) is 25.6 Å². The van der Waals surface area contributed by atoms with Gasteiger partial charge in [0.15, 0.2) is 5.96 Å². The van der Waals surface area contributed by atoms with E-state index in [0.717, 1.165) is 38.4 Å². The lowest BCUT2D eigenvalue weighted by Gasteiger charge is -2.10. The second kappa shape index (κ2) is 9.39. The normalized spacial score (nSPS) is 11.6. The summed E-state index contributed by atoms with van der Waals surface area (Å²) >= 11 is 5.27. The Morgan fingerprint density at radius 1 is 1.33 bits per heavy atom. The summed E-state index contributed by atoms with van der Waals surface area (Å²) in [7, 11) is 0. The average Bonchev–Trinajstić information content (AvgIpc) is 2.75. The van der Waals surface area contributed by atoms with E-state index in [9.17, 15) is 0 Å². The predicted molar refractivity (Wildman–Crippen MR) is 84.6 cm³/mol. The second-order valence-electron chi connectivity index (χ2n) is 4.00. The van der Waals surface area contributed by atoms with Crippen LogP contribution in [0.25, 0.3) is 0 Å². The topological polar surface area (TPSA) is 36.4 Å². The van der Waals surface area contributed by atoms with Crippen molar-refractivity contribution in [3.05, 3.63) is 20.8 Å². The molecule has 0 unspecified atom stereocenters. The van der Waals surface area contributed by atoms with Gasteiger partial charge in [-0.2, -0.15) is 0 Å². The number of hydrogen-bond acceptors (Lipinski definition) is 2. The monoisotopic (exact) mass is 331 g/mol. The van der Waals surface area contributed by atoms with Crippen LogP contribution in [-0.2, 0) is 6.42 Å². The highest BCUT2D eigenvalue weighted by Crippen LogP contribution is 2.21. The van der Waals surface area contributed by atoms with Crippen LogP contribution in [0.1, 0.15) is 31.6 Å². The summed E-state index contributed by atoms with van der Waals surface area (Å²) < 4.78 is 1.20. The van der Waals surface area contributed by atoms with Crippen molar-refractivity contribution in [2.45, 2.75) is 33.1 Å². The standard InChI is InChI=1S/C13H22BrN3S/c1-3-5-9-16-13(15-4-2)17-10-8-11-6-7-12(14)18-11/h6-7H,3-5,8-10H2,1-2H3,(H2,15,16,17). The van der Waals surface area contributed by atoms with Crippen LogP contribution in [0.15, 0.2) is 20.9 Å². The number of aliphatic imine (C=N–C) groups is 1. The molecule has 5 heteroatoms. The molecule has 0 atom stereocenters. The van der Waals surface area contributed by atoms with Crippen LogP contribution >= 0.6 is 27.3 Å². The van der Waals surface area contributed by atoms with E-state index in [2.05, 4.69) is 57.5 Å². The first-order valence-corrected chi connectivity index (χ1v) is 8.13. The lowest BCUT2D eigenvalue weighted by Crippen LogP contribution is -2.38. The number of hydrogen-bond donors (Lipinski definition) is 2. The smallest absolute Gasteiger partial charge is 0.191 e. The fourth-order valence-corrected chi connectivity index (χ4v) is 2.96. The maximum Gasteiger partial charge on any atom is 0.191 e. The predicted octanol–water partition coefficient (Wildman–Crippen LogP) is 3.41. The van der Waals surface area contributed by atoms with E-state index >= 15 is 0 Å². The van der Waals surface area contributed by atoms with Crippen molar-refractivity contribution in [1.82, 2.24) is 10.6 Å². The van der Waals surface area contributed by atoms with Gasteiger partial charge in [0.05, 0.1) is 3.79 Å². The van der Waals surface area contributed by atoms with E-state index in [1.807, 2.05) is 0 Å². The summed E-state index contributed by atoms with van der Waals surface area (Å²) in [4.78, 5) is 5.92. The first-order chi connectivity index (χ1) is 8.76. The Balaban J connectivity index is 2.30. The van der Waals surface area contributed by atoms with Crippen LogP contribution in [0.2, 0.25) is 0 Å². The fourth-order valence-electron chi connectivity index (χ4n) is 1.48. The Hall–Kier alpha value is -0.550. The molecule has 1 aromatic rings. The first-order valence-electron chi connectivity index (χ1n) is 6.52. The number of halogens is 1. The maximum atomic E-state index is 4.53. The van der Waals surface area contributed by atoms with E-state index in [0.29, 0.717) is 0 Å². The number of nitrogens with zero attached hydrogens (tertiary/aromatic N) is 1. The number of guanidine groups is 1. The Labute approximate surface area is 122 Å². The largest absolute Gasteiger partial charge is 0.357 e. The highest BCUT2D eigenvalue weighted by Gasteiger charge is 1.99. The van der Waals surface area contributed by atoms with Gasteiger partial charge in [0, 0.05) is 24.5 Å². The van der Waals surface area contributed by atoms with Gasteiger partial charge in [-0.1, -0.05) is 13.3 Å². The van der Waals surface area contributed by atoms with Crippen molar-refractivity contribution >= 4 is 33.2 Å². The van der Waals surface area contributed by atoms with Crippen molar-refractivity contribution < 1.29 is 0 Å². The number of rotatable bonds is 7. The van der Waals surface area contributed by atoms with E-state index < -0.39 is 0 Å². The lowest BCUT2D eigenvalue weighted by atomic mass is 10.3. The zero-order valence-electron chi connectivity index (χ0n) is 11.1. The summed E-state index contributed by atoms with van der Waals surface area (Å²) in [6.07, 6.45) is 3.37. The molecule has 0 spiro atoms. The molecule has 0 aromatic carbocycles. The summed E-state index contributed by atoms with van der Waals surface area (Å²) in [5.74, 6) is 0.932. The third kappa shape index (κ3) is 6.40. The van der Waals surface area contributed by atoms with Crippen LogP contribution in [0.5, 0.6) is 0 Å². The molecule has 0 fully saturated rings. The molecular weight excluding hydrogens is 310 g/mol. The van der Waals surface area contributed by atoms with Crippen molar-refractivity contribution in [2.75, 3.05) is 19.6 Å². The molecule has 1 aromatic heterocycles. The molecule has 0 aliphatic carbocycles. The molecule has 0 aliphatic heterocycles. The second-order valence-corrected chi connectivity index (χ2v) is 6.54. The van der Waals surface area contributed by atoms with Crippen LogP contribution in [0.3, 0.4) is 0 Å². The maximum absolute atomic E-state index is 4.53. The molecule has 102 valence electrons. The molecule has 1 rings (SSSR count).